The monoisotopic (exact) mass is 448 g/mol. The zero-order valence-corrected chi connectivity index (χ0v) is 20.0. The van der Waals surface area contributed by atoms with Crippen LogP contribution in [0.1, 0.15) is 51.6 Å². The first kappa shape index (κ1) is 25.9. The quantitative estimate of drug-likeness (QED) is 0.289. The Morgan fingerprint density at radius 3 is 2.56 bits per heavy atom. The van der Waals surface area contributed by atoms with Gasteiger partial charge in [-0.25, -0.2) is 4.79 Å². The van der Waals surface area contributed by atoms with Crippen molar-refractivity contribution in [2.75, 3.05) is 46.6 Å². The Hall–Kier alpha value is -2.32. The van der Waals surface area contributed by atoms with Crippen molar-refractivity contribution >= 4 is 12.1 Å². The second-order valence-corrected chi connectivity index (χ2v) is 8.97. The largest absolute Gasteiger partial charge is 0.444 e. The van der Waals surface area contributed by atoms with Crippen LogP contribution in [-0.2, 0) is 14.2 Å². The molecule has 0 bridgehead atoms. The third kappa shape index (κ3) is 10.8. The van der Waals surface area contributed by atoms with Gasteiger partial charge in [-0.15, -0.1) is 0 Å². The van der Waals surface area contributed by atoms with E-state index in [1.165, 1.54) is 0 Å². The van der Waals surface area contributed by atoms with Crippen LogP contribution in [0.3, 0.4) is 0 Å². The number of rotatable bonds is 10. The van der Waals surface area contributed by atoms with E-state index in [0.717, 1.165) is 51.2 Å². The average Bonchev–Trinajstić information content (AvgIpc) is 2.77. The van der Waals surface area contributed by atoms with Crippen LogP contribution in [0.2, 0.25) is 0 Å². The molecule has 1 fully saturated rings. The van der Waals surface area contributed by atoms with Crippen LogP contribution < -0.4 is 16.0 Å². The minimum atomic E-state index is -0.552. The predicted octanol–water partition coefficient (Wildman–Crippen LogP) is 3.25. The second kappa shape index (κ2) is 14.0. The molecule has 1 heterocycles. The molecule has 1 unspecified atom stereocenters. The molecule has 1 aliphatic heterocycles. The van der Waals surface area contributed by atoms with Gasteiger partial charge in [0.1, 0.15) is 5.60 Å². The lowest BCUT2D eigenvalue weighted by Gasteiger charge is -2.25. The number of aliphatic imine (C=N–C) groups is 1. The molecule has 0 aliphatic carbocycles. The molecule has 1 atom stereocenters. The third-order valence-corrected chi connectivity index (χ3v) is 5.04. The van der Waals surface area contributed by atoms with Crippen molar-refractivity contribution in [2.24, 2.45) is 10.9 Å². The van der Waals surface area contributed by atoms with Crippen LogP contribution in [0.25, 0.3) is 0 Å². The van der Waals surface area contributed by atoms with Crippen LogP contribution in [0.15, 0.2) is 35.3 Å². The van der Waals surface area contributed by atoms with E-state index in [1.807, 2.05) is 51.1 Å². The van der Waals surface area contributed by atoms with Crippen LogP contribution >= 0.6 is 0 Å². The van der Waals surface area contributed by atoms with E-state index >= 15 is 0 Å². The summed E-state index contributed by atoms with van der Waals surface area (Å²) in [6.45, 7) is 10.0. The molecule has 8 heteroatoms. The molecule has 1 aliphatic rings. The summed E-state index contributed by atoms with van der Waals surface area (Å²) in [5.41, 5.74) is 0.436. The topological polar surface area (TPSA) is 93.2 Å². The number of amides is 1. The van der Waals surface area contributed by atoms with Crippen LogP contribution in [0, 0.1) is 5.92 Å². The molecule has 0 aromatic heterocycles. The van der Waals surface area contributed by atoms with Crippen molar-refractivity contribution in [1.82, 2.24) is 16.0 Å². The van der Waals surface area contributed by atoms with Gasteiger partial charge in [0.15, 0.2) is 5.96 Å². The summed E-state index contributed by atoms with van der Waals surface area (Å²) < 4.78 is 16.6. The number of carbonyl (C=O) groups is 1. The van der Waals surface area contributed by atoms with E-state index in [1.54, 1.807) is 7.05 Å². The molecule has 32 heavy (non-hydrogen) atoms. The summed E-state index contributed by atoms with van der Waals surface area (Å²) in [6, 6.07) is 9.56. The maximum Gasteiger partial charge on any atom is 0.408 e. The van der Waals surface area contributed by atoms with Gasteiger partial charge < -0.3 is 30.2 Å². The molecule has 1 amide bonds. The molecule has 0 radical (unpaired) electrons. The standard InChI is InChI=1S/C24H40N4O4/c1-24(2,3)32-23(29)28-21(20-9-6-5-7-10-20)17-27-22(25-4)26-13-8-14-31-18-19-11-15-30-16-12-19/h5-7,9-10,19,21H,8,11-18H2,1-4H3,(H,28,29)(H2,25,26,27). The van der Waals surface area contributed by atoms with Gasteiger partial charge in [-0.1, -0.05) is 30.3 Å². The number of hydrogen-bond acceptors (Lipinski definition) is 5. The first-order valence-electron chi connectivity index (χ1n) is 11.5. The maximum atomic E-state index is 12.3. The van der Waals surface area contributed by atoms with Gasteiger partial charge in [0.05, 0.1) is 6.04 Å². The highest BCUT2D eigenvalue weighted by atomic mass is 16.6. The molecule has 0 saturated carbocycles. The molecular weight excluding hydrogens is 408 g/mol. The van der Waals surface area contributed by atoms with Crippen molar-refractivity contribution in [3.63, 3.8) is 0 Å². The summed E-state index contributed by atoms with van der Waals surface area (Å²) in [5, 5.41) is 9.54. The van der Waals surface area contributed by atoms with E-state index in [-0.39, 0.29) is 6.04 Å². The lowest BCUT2D eigenvalue weighted by Crippen LogP contribution is -2.44. The normalized spacial score (nSPS) is 16.3. The zero-order chi connectivity index (χ0) is 23.2. The number of hydrogen-bond donors (Lipinski definition) is 3. The molecule has 1 aromatic rings. The zero-order valence-electron chi connectivity index (χ0n) is 20.0. The Balaban J connectivity index is 1.73. The summed E-state index contributed by atoms with van der Waals surface area (Å²) in [5.74, 6) is 1.31. The van der Waals surface area contributed by atoms with Gasteiger partial charge in [-0.05, 0) is 51.5 Å². The molecular formula is C24H40N4O4. The van der Waals surface area contributed by atoms with Gasteiger partial charge >= 0.3 is 6.09 Å². The molecule has 2 rings (SSSR count). The van der Waals surface area contributed by atoms with Crippen LogP contribution in [0.5, 0.6) is 0 Å². The number of alkyl carbamates (subject to hydrolysis) is 1. The SMILES string of the molecule is CN=C(NCCCOCC1CCOCC1)NCC(NC(=O)OC(C)(C)C)c1ccccc1. The Bertz CT molecular complexity index is 685. The Labute approximate surface area is 192 Å². The van der Waals surface area contributed by atoms with Crippen molar-refractivity contribution in [3.8, 4) is 0 Å². The Kier molecular flexibility index (Phi) is 11.3. The predicted molar refractivity (Wildman–Crippen MR) is 127 cm³/mol. The smallest absolute Gasteiger partial charge is 0.408 e. The number of nitrogens with one attached hydrogen (secondary N) is 3. The lowest BCUT2D eigenvalue weighted by molar-refractivity contribution is 0.0203. The highest BCUT2D eigenvalue weighted by Crippen LogP contribution is 2.15. The van der Waals surface area contributed by atoms with Crippen LogP contribution in [-0.4, -0.2) is 64.2 Å². The van der Waals surface area contributed by atoms with Gasteiger partial charge in [0.2, 0.25) is 0 Å². The van der Waals surface area contributed by atoms with Crippen molar-refractivity contribution in [2.45, 2.75) is 51.7 Å². The summed E-state index contributed by atoms with van der Waals surface area (Å²) in [7, 11) is 1.73. The molecule has 3 N–H and O–H groups in total. The van der Waals surface area contributed by atoms with E-state index in [9.17, 15) is 4.79 Å². The van der Waals surface area contributed by atoms with Gasteiger partial charge in [-0.2, -0.15) is 0 Å². The minimum Gasteiger partial charge on any atom is -0.444 e. The highest BCUT2D eigenvalue weighted by molar-refractivity contribution is 5.79. The average molecular weight is 449 g/mol. The minimum absolute atomic E-state index is 0.257. The second-order valence-electron chi connectivity index (χ2n) is 8.97. The lowest BCUT2D eigenvalue weighted by atomic mass is 10.0. The van der Waals surface area contributed by atoms with E-state index in [4.69, 9.17) is 14.2 Å². The number of guanidine groups is 1. The summed E-state index contributed by atoms with van der Waals surface area (Å²) in [6.07, 6.45) is 2.63. The van der Waals surface area contributed by atoms with E-state index < -0.39 is 11.7 Å². The molecule has 1 aromatic carbocycles. The fourth-order valence-corrected chi connectivity index (χ4v) is 3.35. The molecule has 180 valence electrons. The van der Waals surface area contributed by atoms with E-state index in [0.29, 0.717) is 25.0 Å². The summed E-state index contributed by atoms with van der Waals surface area (Å²) >= 11 is 0. The third-order valence-electron chi connectivity index (χ3n) is 5.04. The van der Waals surface area contributed by atoms with Crippen LogP contribution in [0.4, 0.5) is 4.79 Å². The molecule has 1 saturated heterocycles. The number of nitrogens with zero attached hydrogens (tertiary/aromatic N) is 1. The number of carbonyl (C=O) groups excluding carboxylic acids is 1. The number of ether oxygens (including phenoxy) is 3. The molecule has 8 nitrogen and oxygen atoms in total. The molecule has 0 spiro atoms. The van der Waals surface area contributed by atoms with Gasteiger partial charge in [0.25, 0.3) is 0 Å². The van der Waals surface area contributed by atoms with Crippen molar-refractivity contribution < 1.29 is 19.0 Å². The van der Waals surface area contributed by atoms with Gasteiger partial charge in [0, 0.05) is 46.6 Å². The first-order chi connectivity index (χ1) is 15.4. The fraction of sp³-hybridized carbons (Fsp3) is 0.667. The first-order valence-corrected chi connectivity index (χ1v) is 11.5. The van der Waals surface area contributed by atoms with E-state index in [2.05, 4.69) is 20.9 Å². The highest BCUT2D eigenvalue weighted by Gasteiger charge is 2.21. The number of benzene rings is 1. The van der Waals surface area contributed by atoms with Crippen molar-refractivity contribution in [1.29, 1.82) is 0 Å². The fourth-order valence-electron chi connectivity index (χ4n) is 3.35. The van der Waals surface area contributed by atoms with Gasteiger partial charge in [-0.3, -0.25) is 4.99 Å². The Morgan fingerprint density at radius 2 is 1.91 bits per heavy atom. The van der Waals surface area contributed by atoms with Crippen molar-refractivity contribution in [3.05, 3.63) is 35.9 Å². The maximum absolute atomic E-state index is 12.3. The summed E-state index contributed by atoms with van der Waals surface area (Å²) in [4.78, 5) is 16.6. The Morgan fingerprint density at radius 1 is 1.19 bits per heavy atom.